The minimum atomic E-state index is -0.912. The van der Waals surface area contributed by atoms with Crippen molar-refractivity contribution in [1.29, 1.82) is 0 Å². The molecule has 4 nitrogen and oxygen atoms in total. The highest BCUT2D eigenvalue weighted by Gasteiger charge is 2.38. The summed E-state index contributed by atoms with van der Waals surface area (Å²) >= 11 is 1.93. The molecule has 1 aromatic heterocycles. The Labute approximate surface area is 99.0 Å². The van der Waals surface area contributed by atoms with E-state index in [1.165, 1.54) is 4.68 Å². The van der Waals surface area contributed by atoms with Gasteiger partial charge in [0.15, 0.2) is 0 Å². The molecule has 2 rings (SSSR count). The van der Waals surface area contributed by atoms with Gasteiger partial charge in [0.05, 0.1) is 5.69 Å². The van der Waals surface area contributed by atoms with E-state index in [1.54, 1.807) is 13.1 Å². The summed E-state index contributed by atoms with van der Waals surface area (Å²) in [6.45, 7) is 4.40. The Morgan fingerprint density at radius 3 is 2.81 bits per heavy atom. The summed E-state index contributed by atoms with van der Waals surface area (Å²) in [5.41, 5.74) is 1.18. The summed E-state index contributed by atoms with van der Waals surface area (Å²) in [4.78, 5) is 10.9. The van der Waals surface area contributed by atoms with Gasteiger partial charge in [-0.3, -0.25) is 4.68 Å². The standard InChI is InChI=1S/C11H16N2O2S/c1-11(2)7(4-5-16-11)8-6-9(10(14)15)13(3)12-8/h6-7H,4-5H2,1-3H3,(H,14,15). The van der Waals surface area contributed by atoms with Crippen LogP contribution in [0.4, 0.5) is 0 Å². The molecule has 0 bridgehead atoms. The number of carboxylic acids is 1. The summed E-state index contributed by atoms with van der Waals surface area (Å²) in [6, 6.07) is 1.71. The van der Waals surface area contributed by atoms with Crippen molar-refractivity contribution in [3.05, 3.63) is 17.5 Å². The number of hydrogen-bond acceptors (Lipinski definition) is 3. The highest BCUT2D eigenvalue weighted by Crippen LogP contribution is 2.47. The van der Waals surface area contributed by atoms with Crippen LogP contribution in [-0.2, 0) is 7.05 Å². The van der Waals surface area contributed by atoms with Gasteiger partial charge in [-0.1, -0.05) is 13.8 Å². The largest absolute Gasteiger partial charge is 0.477 e. The van der Waals surface area contributed by atoms with Gasteiger partial charge >= 0.3 is 5.97 Å². The number of rotatable bonds is 2. The van der Waals surface area contributed by atoms with Gasteiger partial charge in [-0.15, -0.1) is 0 Å². The first-order valence-corrected chi connectivity index (χ1v) is 6.31. The molecule has 1 fully saturated rings. The Bertz CT molecular complexity index is 426. The van der Waals surface area contributed by atoms with Gasteiger partial charge in [0.25, 0.3) is 0 Å². The van der Waals surface area contributed by atoms with E-state index in [4.69, 9.17) is 5.11 Å². The van der Waals surface area contributed by atoms with Gasteiger partial charge in [-0.05, 0) is 18.2 Å². The molecule has 0 aromatic carbocycles. The zero-order valence-electron chi connectivity index (χ0n) is 9.73. The van der Waals surface area contributed by atoms with E-state index < -0.39 is 5.97 Å². The van der Waals surface area contributed by atoms with Crippen molar-refractivity contribution in [1.82, 2.24) is 9.78 Å². The summed E-state index contributed by atoms with van der Waals surface area (Å²) < 4.78 is 1.61. The molecule has 5 heteroatoms. The molecule has 0 amide bonds. The van der Waals surface area contributed by atoms with E-state index in [2.05, 4.69) is 18.9 Å². The quantitative estimate of drug-likeness (QED) is 0.860. The maximum Gasteiger partial charge on any atom is 0.354 e. The van der Waals surface area contributed by atoms with Crippen LogP contribution >= 0.6 is 11.8 Å². The summed E-state index contributed by atoms with van der Waals surface area (Å²) in [5, 5.41) is 13.3. The van der Waals surface area contributed by atoms with Crippen LogP contribution in [0.1, 0.15) is 42.4 Å². The van der Waals surface area contributed by atoms with E-state index in [0.717, 1.165) is 17.9 Å². The van der Waals surface area contributed by atoms with Crippen LogP contribution in [-0.4, -0.2) is 31.4 Å². The highest BCUT2D eigenvalue weighted by atomic mass is 32.2. The molecule has 2 heterocycles. The van der Waals surface area contributed by atoms with E-state index in [9.17, 15) is 4.79 Å². The topological polar surface area (TPSA) is 55.1 Å². The number of thioether (sulfide) groups is 1. The Morgan fingerprint density at radius 1 is 1.69 bits per heavy atom. The van der Waals surface area contributed by atoms with Crippen LogP contribution in [0.5, 0.6) is 0 Å². The first-order chi connectivity index (χ1) is 7.42. The zero-order valence-corrected chi connectivity index (χ0v) is 10.5. The third-order valence-corrected chi connectivity index (χ3v) is 4.66. The lowest BCUT2D eigenvalue weighted by molar-refractivity contribution is 0.0685. The van der Waals surface area contributed by atoms with Gasteiger partial charge in [-0.25, -0.2) is 4.79 Å². The van der Waals surface area contributed by atoms with E-state index in [-0.39, 0.29) is 10.4 Å². The van der Waals surface area contributed by atoms with E-state index >= 15 is 0 Å². The molecule has 1 aromatic rings. The van der Waals surface area contributed by atoms with Crippen molar-refractivity contribution in [2.45, 2.75) is 30.9 Å². The molecular weight excluding hydrogens is 224 g/mol. The monoisotopic (exact) mass is 240 g/mol. The lowest BCUT2D eigenvalue weighted by Gasteiger charge is -2.24. The molecule has 1 aliphatic rings. The van der Waals surface area contributed by atoms with Crippen LogP contribution < -0.4 is 0 Å². The van der Waals surface area contributed by atoms with Crippen LogP contribution in [0.15, 0.2) is 6.07 Å². The maximum atomic E-state index is 10.9. The van der Waals surface area contributed by atoms with Gasteiger partial charge in [0.2, 0.25) is 0 Å². The first-order valence-electron chi connectivity index (χ1n) is 5.33. The number of aromatic nitrogens is 2. The SMILES string of the molecule is Cn1nc(C2CCSC2(C)C)cc1C(=O)O. The average molecular weight is 240 g/mol. The number of aromatic carboxylic acids is 1. The maximum absolute atomic E-state index is 10.9. The molecule has 0 spiro atoms. The highest BCUT2D eigenvalue weighted by molar-refractivity contribution is 8.00. The van der Waals surface area contributed by atoms with Gasteiger partial charge in [0, 0.05) is 17.7 Å². The minimum Gasteiger partial charge on any atom is -0.477 e. The fourth-order valence-corrected chi connectivity index (χ4v) is 3.57. The molecule has 1 atom stereocenters. The molecule has 1 aliphatic heterocycles. The Morgan fingerprint density at radius 2 is 2.38 bits per heavy atom. The number of hydrogen-bond donors (Lipinski definition) is 1. The Balaban J connectivity index is 2.35. The number of nitrogens with zero attached hydrogens (tertiary/aromatic N) is 2. The smallest absolute Gasteiger partial charge is 0.354 e. The van der Waals surface area contributed by atoms with Crippen molar-refractivity contribution >= 4 is 17.7 Å². The normalized spacial score (nSPS) is 23.6. The molecule has 1 N–H and O–H groups in total. The van der Waals surface area contributed by atoms with Crippen molar-refractivity contribution in [3.63, 3.8) is 0 Å². The van der Waals surface area contributed by atoms with Crippen LogP contribution in [0.25, 0.3) is 0 Å². The lowest BCUT2D eigenvalue weighted by atomic mass is 9.90. The van der Waals surface area contributed by atoms with Crippen molar-refractivity contribution in [2.24, 2.45) is 7.05 Å². The predicted octanol–water partition coefficient (Wildman–Crippen LogP) is 2.12. The van der Waals surface area contributed by atoms with Crippen LogP contribution in [0.2, 0.25) is 0 Å². The second-order valence-corrected chi connectivity index (χ2v) is 6.43. The van der Waals surface area contributed by atoms with Crippen LogP contribution in [0.3, 0.4) is 0 Å². The Hall–Kier alpha value is -0.970. The Kier molecular flexibility index (Phi) is 2.74. The number of carboxylic acid groups (broad SMARTS) is 1. The van der Waals surface area contributed by atoms with Gasteiger partial charge in [-0.2, -0.15) is 16.9 Å². The predicted molar refractivity (Wildman–Crippen MR) is 64.1 cm³/mol. The second-order valence-electron chi connectivity index (χ2n) is 4.68. The third kappa shape index (κ3) is 1.84. The molecule has 1 unspecified atom stereocenters. The van der Waals surface area contributed by atoms with Crippen LogP contribution in [0, 0.1) is 0 Å². The zero-order chi connectivity index (χ0) is 11.9. The molecule has 16 heavy (non-hydrogen) atoms. The van der Waals surface area contributed by atoms with Gasteiger partial charge < -0.3 is 5.11 Å². The fraction of sp³-hybridized carbons (Fsp3) is 0.636. The minimum absolute atomic E-state index is 0.157. The van der Waals surface area contributed by atoms with Gasteiger partial charge in [0.1, 0.15) is 5.69 Å². The summed E-state index contributed by atoms with van der Waals surface area (Å²) in [6.07, 6.45) is 1.08. The molecule has 1 saturated heterocycles. The molecule has 0 radical (unpaired) electrons. The van der Waals surface area contributed by atoms with E-state index in [0.29, 0.717) is 5.92 Å². The van der Waals surface area contributed by atoms with Crippen molar-refractivity contribution in [3.8, 4) is 0 Å². The first kappa shape index (κ1) is 11.5. The summed E-state index contributed by atoms with van der Waals surface area (Å²) in [5.74, 6) is 0.568. The van der Waals surface area contributed by atoms with Crippen molar-refractivity contribution < 1.29 is 9.90 Å². The molecular formula is C11H16N2O2S. The number of carbonyl (C=O) groups is 1. The molecule has 88 valence electrons. The van der Waals surface area contributed by atoms with E-state index in [1.807, 2.05) is 11.8 Å². The summed E-state index contributed by atoms with van der Waals surface area (Å²) in [7, 11) is 1.68. The molecule has 0 aliphatic carbocycles. The third-order valence-electron chi connectivity index (χ3n) is 3.19. The second kappa shape index (κ2) is 3.80. The number of aryl methyl sites for hydroxylation is 1. The fourth-order valence-electron chi connectivity index (χ4n) is 2.25. The van der Waals surface area contributed by atoms with Crippen molar-refractivity contribution in [2.75, 3.05) is 5.75 Å². The lowest BCUT2D eigenvalue weighted by Crippen LogP contribution is -2.20. The molecule has 0 saturated carbocycles. The average Bonchev–Trinajstić information content (AvgIpc) is 2.68.